The van der Waals surface area contributed by atoms with Crippen LogP contribution in [-0.4, -0.2) is 28.8 Å². The van der Waals surface area contributed by atoms with Gasteiger partial charge in [-0.25, -0.2) is 9.97 Å². The molecule has 168 valence electrons. The Hall–Kier alpha value is -1.51. The summed E-state index contributed by atoms with van der Waals surface area (Å²) in [5, 5.41) is 9.60. The maximum absolute atomic E-state index is 6.16. The van der Waals surface area contributed by atoms with E-state index in [9.17, 15) is 0 Å². The minimum absolute atomic E-state index is 0. The first-order valence-corrected chi connectivity index (χ1v) is 11.8. The molecule has 3 heterocycles. The summed E-state index contributed by atoms with van der Waals surface area (Å²) in [4.78, 5) is 10.3. The predicted octanol–water partition coefficient (Wildman–Crippen LogP) is 6.10. The number of hydrogen-bond donors (Lipinski definition) is 2. The van der Waals surface area contributed by atoms with Gasteiger partial charge in [-0.15, -0.1) is 47.9 Å². The second-order valence-electron chi connectivity index (χ2n) is 7.22. The molecule has 1 aliphatic heterocycles. The molecule has 0 spiro atoms. The van der Waals surface area contributed by atoms with Crippen LogP contribution in [0.5, 0.6) is 5.75 Å². The summed E-state index contributed by atoms with van der Waals surface area (Å²) < 4.78 is 6.16. The van der Waals surface area contributed by atoms with Crippen LogP contribution in [0.2, 0.25) is 0 Å². The average Bonchev–Trinajstić information content (AvgIpc) is 3.18. The first-order chi connectivity index (χ1) is 14.3. The van der Waals surface area contributed by atoms with Crippen LogP contribution < -0.4 is 15.4 Å². The summed E-state index contributed by atoms with van der Waals surface area (Å²) in [5.41, 5.74) is 2.13. The van der Waals surface area contributed by atoms with E-state index in [1.165, 1.54) is 12.8 Å². The fourth-order valence-corrected chi connectivity index (χ4v) is 4.99. The Morgan fingerprint density at radius 3 is 2.68 bits per heavy atom. The zero-order valence-electron chi connectivity index (χ0n) is 17.4. The minimum Gasteiger partial charge on any atom is -0.485 e. The van der Waals surface area contributed by atoms with Crippen molar-refractivity contribution in [1.29, 1.82) is 0 Å². The van der Waals surface area contributed by atoms with Gasteiger partial charge in [0, 0.05) is 22.2 Å². The van der Waals surface area contributed by atoms with Crippen molar-refractivity contribution in [2.75, 3.05) is 24.2 Å². The monoisotopic (exact) mass is 498 g/mol. The second-order valence-corrected chi connectivity index (χ2v) is 9.17. The molecule has 0 atom stereocenters. The number of rotatable bonds is 8. The second kappa shape index (κ2) is 13.1. The van der Waals surface area contributed by atoms with E-state index in [-0.39, 0.29) is 24.8 Å². The highest BCUT2D eigenvalue weighted by atomic mass is 35.5. The number of nitrogens with one attached hydrogen (secondary N) is 2. The Balaban J connectivity index is 0.00000171. The quantitative estimate of drug-likeness (QED) is 0.365. The van der Waals surface area contributed by atoms with Gasteiger partial charge in [0.25, 0.3) is 0 Å². The number of pyridine rings is 1. The number of aryl methyl sites for hydroxylation is 1. The molecule has 0 aliphatic carbocycles. The van der Waals surface area contributed by atoms with Gasteiger partial charge >= 0.3 is 0 Å². The van der Waals surface area contributed by atoms with Crippen LogP contribution in [0.3, 0.4) is 0 Å². The number of hydrogen-bond acceptors (Lipinski definition) is 7. The van der Waals surface area contributed by atoms with Crippen molar-refractivity contribution in [2.24, 2.45) is 5.92 Å². The summed E-state index contributed by atoms with van der Waals surface area (Å²) in [6.45, 7) is 4.76. The van der Waals surface area contributed by atoms with Gasteiger partial charge in [0.05, 0.1) is 5.69 Å². The van der Waals surface area contributed by atoms with Gasteiger partial charge in [-0.2, -0.15) is 0 Å². The van der Waals surface area contributed by atoms with Gasteiger partial charge in [0.1, 0.15) is 6.61 Å². The number of anilines is 2. The van der Waals surface area contributed by atoms with Crippen molar-refractivity contribution in [1.82, 2.24) is 15.3 Å². The molecular formula is C22H28Cl2N4OS2. The zero-order valence-corrected chi connectivity index (χ0v) is 20.6. The van der Waals surface area contributed by atoms with E-state index in [1.54, 1.807) is 11.3 Å². The number of benzene rings is 1. The highest BCUT2D eigenvalue weighted by Gasteiger charge is 2.15. The molecule has 31 heavy (non-hydrogen) atoms. The zero-order chi connectivity index (χ0) is 19.9. The van der Waals surface area contributed by atoms with E-state index >= 15 is 0 Å². The summed E-state index contributed by atoms with van der Waals surface area (Å²) in [5.74, 6) is 3.37. The highest BCUT2D eigenvalue weighted by Crippen LogP contribution is 2.33. The van der Waals surface area contributed by atoms with Crippen LogP contribution in [0.4, 0.5) is 10.9 Å². The molecule has 1 aliphatic rings. The van der Waals surface area contributed by atoms with Crippen LogP contribution in [0.1, 0.15) is 24.1 Å². The van der Waals surface area contributed by atoms with E-state index in [0.717, 1.165) is 51.8 Å². The topological polar surface area (TPSA) is 59.1 Å². The van der Waals surface area contributed by atoms with E-state index < -0.39 is 0 Å². The molecule has 0 radical (unpaired) electrons. The predicted molar refractivity (Wildman–Crippen MR) is 136 cm³/mol. The Kier molecular flexibility index (Phi) is 10.9. The van der Waals surface area contributed by atoms with Crippen molar-refractivity contribution in [2.45, 2.75) is 31.3 Å². The van der Waals surface area contributed by atoms with Crippen molar-refractivity contribution in [3.63, 3.8) is 0 Å². The van der Waals surface area contributed by atoms with E-state index in [0.29, 0.717) is 12.4 Å². The SMILES string of the molecule is Cc1csc(Nc2ncc(SCC3CCNCC3)cc2OCc2ccccc2)n1.Cl.Cl. The van der Waals surface area contributed by atoms with E-state index in [4.69, 9.17) is 4.74 Å². The minimum atomic E-state index is 0. The van der Waals surface area contributed by atoms with Gasteiger partial charge in [0.2, 0.25) is 0 Å². The smallest absolute Gasteiger partial charge is 0.188 e. The molecule has 5 nitrogen and oxygen atoms in total. The lowest BCUT2D eigenvalue weighted by Crippen LogP contribution is -2.28. The molecule has 1 saturated heterocycles. The number of ether oxygens (including phenoxy) is 1. The molecule has 4 rings (SSSR count). The summed E-state index contributed by atoms with van der Waals surface area (Å²) in [7, 11) is 0. The molecule has 1 fully saturated rings. The number of thiazole rings is 1. The Morgan fingerprint density at radius 1 is 1.19 bits per heavy atom. The van der Waals surface area contributed by atoms with Gasteiger partial charge in [-0.3, -0.25) is 0 Å². The summed E-state index contributed by atoms with van der Waals surface area (Å²) in [6.07, 6.45) is 4.44. The third-order valence-electron chi connectivity index (χ3n) is 4.85. The van der Waals surface area contributed by atoms with E-state index in [2.05, 4.69) is 38.8 Å². The fraction of sp³-hybridized carbons (Fsp3) is 0.364. The maximum Gasteiger partial charge on any atom is 0.188 e. The molecule has 2 aromatic heterocycles. The van der Waals surface area contributed by atoms with Crippen LogP contribution >= 0.6 is 47.9 Å². The fourth-order valence-electron chi connectivity index (χ4n) is 3.22. The maximum atomic E-state index is 6.16. The van der Waals surface area contributed by atoms with E-state index in [1.807, 2.05) is 48.5 Å². The lowest BCUT2D eigenvalue weighted by molar-refractivity contribution is 0.306. The average molecular weight is 500 g/mol. The lowest BCUT2D eigenvalue weighted by Gasteiger charge is -2.22. The normalized spacial score (nSPS) is 13.7. The lowest BCUT2D eigenvalue weighted by atomic mass is 10.0. The number of nitrogens with zero attached hydrogens (tertiary/aromatic N) is 2. The molecular weight excluding hydrogens is 471 g/mol. The number of halogens is 2. The van der Waals surface area contributed by atoms with Crippen LogP contribution in [-0.2, 0) is 6.61 Å². The first-order valence-electron chi connectivity index (χ1n) is 9.96. The highest BCUT2D eigenvalue weighted by molar-refractivity contribution is 7.99. The molecule has 2 N–H and O–H groups in total. The molecule has 0 amide bonds. The molecule has 0 saturated carbocycles. The van der Waals surface area contributed by atoms with Gasteiger partial charge in [-0.05, 0) is 50.4 Å². The summed E-state index contributed by atoms with van der Waals surface area (Å²) >= 11 is 3.44. The van der Waals surface area contributed by atoms with Crippen molar-refractivity contribution in [3.8, 4) is 5.75 Å². The van der Waals surface area contributed by atoms with Crippen molar-refractivity contribution < 1.29 is 4.74 Å². The largest absolute Gasteiger partial charge is 0.485 e. The first kappa shape index (κ1) is 25.7. The van der Waals surface area contributed by atoms with Crippen LogP contribution in [0.25, 0.3) is 0 Å². The number of piperidine rings is 1. The molecule has 0 unspecified atom stereocenters. The standard InChI is InChI=1S/C22H26N4OS2.2ClH/c1-16-14-29-22(25-16)26-21-20(27-13-17-5-3-2-4-6-17)11-19(12-24-21)28-15-18-7-9-23-10-8-18;;/h2-6,11-12,14,18,23H,7-10,13,15H2,1H3,(H,24,25,26);2*1H. The van der Waals surface area contributed by atoms with Gasteiger partial charge in [0.15, 0.2) is 16.7 Å². The third kappa shape index (κ3) is 7.84. The van der Waals surface area contributed by atoms with Crippen molar-refractivity contribution in [3.05, 3.63) is 59.2 Å². The molecule has 9 heteroatoms. The van der Waals surface area contributed by atoms with Crippen molar-refractivity contribution >= 4 is 58.9 Å². The number of thioether (sulfide) groups is 1. The Morgan fingerprint density at radius 2 is 1.97 bits per heavy atom. The Labute approximate surface area is 204 Å². The molecule has 3 aromatic rings. The Bertz CT molecular complexity index is 921. The third-order valence-corrected chi connectivity index (χ3v) is 6.92. The van der Waals surface area contributed by atoms with Crippen LogP contribution in [0.15, 0.2) is 52.9 Å². The molecule has 1 aromatic carbocycles. The van der Waals surface area contributed by atoms with Gasteiger partial charge < -0.3 is 15.4 Å². The van der Waals surface area contributed by atoms with Crippen LogP contribution in [0, 0.1) is 12.8 Å². The summed E-state index contributed by atoms with van der Waals surface area (Å²) in [6, 6.07) is 12.3. The number of aromatic nitrogens is 2. The van der Waals surface area contributed by atoms with Gasteiger partial charge in [-0.1, -0.05) is 30.3 Å². The molecule has 0 bridgehead atoms.